The van der Waals surface area contributed by atoms with Gasteiger partial charge in [0.2, 0.25) is 0 Å². The highest BCUT2D eigenvalue weighted by Crippen LogP contribution is 2.37. The quantitative estimate of drug-likeness (QED) is 0.234. The summed E-state index contributed by atoms with van der Waals surface area (Å²) in [6.07, 6.45) is 1.80. The molecule has 0 bridgehead atoms. The van der Waals surface area contributed by atoms with Crippen LogP contribution in [-0.2, 0) is 0 Å². The Kier molecular flexibility index (Phi) is 5.51. The first-order valence-corrected chi connectivity index (χ1v) is 13.2. The molecule has 0 N–H and O–H groups in total. The van der Waals surface area contributed by atoms with Crippen LogP contribution in [0.25, 0.3) is 55.4 Å². The number of hydrogen-bond acceptors (Lipinski definition) is 2. The maximum absolute atomic E-state index is 9.10. The van der Waals surface area contributed by atoms with Crippen LogP contribution in [0, 0.1) is 0 Å². The minimum atomic E-state index is -0.877. The third-order valence-corrected chi connectivity index (χ3v) is 7.49. The zero-order chi connectivity index (χ0) is 27.1. The third-order valence-electron chi connectivity index (χ3n) is 7.49. The van der Waals surface area contributed by atoms with E-state index in [-0.39, 0.29) is 0 Å². The van der Waals surface area contributed by atoms with E-state index in [1.54, 1.807) is 6.20 Å². The van der Waals surface area contributed by atoms with E-state index in [1.807, 2.05) is 67.6 Å². The lowest BCUT2D eigenvalue weighted by molar-refractivity contribution is 0.669. The van der Waals surface area contributed by atoms with Gasteiger partial charge in [0.15, 0.2) is 0 Å². The standard InChI is InChI=1S/C37H27NO/c1-25(26-10-4-2-5-11-26)28-20-21-38-35(23-28)30-17-19-36-34(22-30)33-18-16-29(24-37(33)39-36)32-15-9-8-14-31(32)27-12-6-3-7-13-27/h2-25H,1H3/i25D. The van der Waals surface area contributed by atoms with E-state index in [4.69, 9.17) is 5.79 Å². The summed E-state index contributed by atoms with van der Waals surface area (Å²) in [7, 11) is 0. The van der Waals surface area contributed by atoms with E-state index in [9.17, 15) is 0 Å². The van der Waals surface area contributed by atoms with Gasteiger partial charge in [-0.2, -0.15) is 0 Å². The SMILES string of the molecule is [2H]C(C)(c1ccccc1)c1ccnc(-c2ccc3oc4cc(-c5ccccc5-c5ccccc5)ccc4c3c2)c1. The van der Waals surface area contributed by atoms with E-state index in [0.717, 1.165) is 49.9 Å². The molecule has 39 heavy (non-hydrogen) atoms. The first kappa shape index (κ1) is 22.1. The topological polar surface area (TPSA) is 26.0 Å². The number of fused-ring (bicyclic) bond motifs is 3. The molecule has 0 aliphatic heterocycles. The zero-order valence-corrected chi connectivity index (χ0v) is 21.6. The molecule has 0 amide bonds. The van der Waals surface area contributed by atoms with Crippen LogP contribution in [0.5, 0.6) is 0 Å². The predicted molar refractivity (Wildman–Crippen MR) is 162 cm³/mol. The molecule has 2 heteroatoms. The van der Waals surface area contributed by atoms with E-state index in [0.29, 0.717) is 0 Å². The Morgan fingerprint density at radius 2 is 1.26 bits per heavy atom. The number of rotatable bonds is 5. The first-order chi connectivity index (χ1) is 19.6. The van der Waals surface area contributed by atoms with Gasteiger partial charge in [0.25, 0.3) is 0 Å². The molecule has 1 atom stereocenters. The average molecular weight is 503 g/mol. The van der Waals surface area contributed by atoms with Crippen molar-refractivity contribution in [1.82, 2.24) is 4.98 Å². The van der Waals surface area contributed by atoms with Crippen LogP contribution in [0.3, 0.4) is 0 Å². The summed E-state index contributed by atoms with van der Waals surface area (Å²) >= 11 is 0. The molecule has 0 saturated heterocycles. The zero-order valence-electron chi connectivity index (χ0n) is 22.6. The van der Waals surface area contributed by atoms with Gasteiger partial charge in [0.1, 0.15) is 11.2 Å². The number of nitrogens with zero attached hydrogens (tertiary/aromatic N) is 1. The molecule has 1 unspecified atom stereocenters. The van der Waals surface area contributed by atoms with Crippen molar-refractivity contribution in [2.24, 2.45) is 0 Å². The number of hydrogen-bond donors (Lipinski definition) is 0. The van der Waals surface area contributed by atoms with Crippen LogP contribution < -0.4 is 0 Å². The van der Waals surface area contributed by atoms with Gasteiger partial charge < -0.3 is 4.42 Å². The molecule has 2 nitrogen and oxygen atoms in total. The normalized spacial score (nSPS) is 13.3. The lowest BCUT2D eigenvalue weighted by atomic mass is 9.92. The summed E-state index contributed by atoms with van der Waals surface area (Å²) in [4.78, 5) is 4.67. The van der Waals surface area contributed by atoms with Gasteiger partial charge >= 0.3 is 0 Å². The fourth-order valence-electron chi connectivity index (χ4n) is 5.38. The van der Waals surface area contributed by atoms with Crippen LogP contribution >= 0.6 is 0 Å². The van der Waals surface area contributed by atoms with Crippen molar-refractivity contribution in [2.45, 2.75) is 12.8 Å². The number of furan rings is 1. The summed E-state index contributed by atoms with van der Waals surface area (Å²) < 4.78 is 15.4. The molecular formula is C37H27NO. The molecule has 0 aliphatic rings. The Hall–Kier alpha value is -4.95. The Morgan fingerprint density at radius 1 is 0.564 bits per heavy atom. The summed E-state index contributed by atoms with van der Waals surface area (Å²) in [5.41, 5.74) is 10.1. The van der Waals surface area contributed by atoms with E-state index >= 15 is 0 Å². The Morgan fingerprint density at radius 3 is 2.05 bits per heavy atom. The second-order valence-corrected chi connectivity index (χ2v) is 9.86. The van der Waals surface area contributed by atoms with Gasteiger partial charge in [-0.3, -0.25) is 4.98 Å². The number of aromatic nitrogens is 1. The lowest BCUT2D eigenvalue weighted by Gasteiger charge is -2.13. The van der Waals surface area contributed by atoms with Crippen molar-refractivity contribution in [3.8, 4) is 33.5 Å². The molecule has 2 aromatic heterocycles. The summed E-state index contributed by atoms with van der Waals surface area (Å²) in [5, 5.41) is 2.13. The molecule has 0 spiro atoms. The summed E-state index contributed by atoms with van der Waals surface area (Å²) in [6.45, 7) is 1.93. The lowest BCUT2D eigenvalue weighted by Crippen LogP contribution is -1.97. The van der Waals surface area contributed by atoms with Gasteiger partial charge in [-0.15, -0.1) is 0 Å². The van der Waals surface area contributed by atoms with E-state index < -0.39 is 5.89 Å². The second kappa shape index (κ2) is 9.74. The smallest absolute Gasteiger partial charge is 0.136 e. The number of pyridine rings is 1. The van der Waals surface area contributed by atoms with Crippen LogP contribution in [0.2, 0.25) is 0 Å². The van der Waals surface area contributed by atoms with E-state index in [1.165, 1.54) is 16.7 Å². The maximum Gasteiger partial charge on any atom is 0.136 e. The van der Waals surface area contributed by atoms with Gasteiger partial charge in [-0.25, -0.2) is 0 Å². The van der Waals surface area contributed by atoms with Crippen LogP contribution in [-0.4, -0.2) is 4.98 Å². The Bertz CT molecular complexity index is 1970. The summed E-state index contributed by atoms with van der Waals surface area (Å²) in [6, 6.07) is 45.6. The van der Waals surface area contributed by atoms with Crippen molar-refractivity contribution in [2.75, 3.05) is 0 Å². The van der Waals surface area contributed by atoms with Crippen molar-refractivity contribution < 1.29 is 5.79 Å². The molecule has 0 aliphatic carbocycles. The molecule has 0 fully saturated rings. The minimum absolute atomic E-state index is 0.844. The molecule has 5 aromatic carbocycles. The van der Waals surface area contributed by atoms with Gasteiger partial charge in [0, 0.05) is 29.8 Å². The van der Waals surface area contributed by atoms with Gasteiger partial charge in [-0.1, -0.05) is 97.9 Å². The molecule has 2 heterocycles. The molecular weight excluding hydrogens is 474 g/mol. The fourth-order valence-corrected chi connectivity index (χ4v) is 5.38. The molecule has 0 saturated carbocycles. The van der Waals surface area contributed by atoms with E-state index in [2.05, 4.69) is 77.8 Å². The van der Waals surface area contributed by atoms with Crippen molar-refractivity contribution >= 4 is 21.9 Å². The van der Waals surface area contributed by atoms with Crippen LogP contribution in [0.4, 0.5) is 0 Å². The highest BCUT2D eigenvalue weighted by atomic mass is 16.3. The number of benzene rings is 5. The summed E-state index contributed by atoms with van der Waals surface area (Å²) in [5.74, 6) is -0.877. The predicted octanol–water partition coefficient (Wildman–Crippen LogP) is 10.1. The van der Waals surface area contributed by atoms with Crippen molar-refractivity contribution in [1.29, 1.82) is 0 Å². The van der Waals surface area contributed by atoms with Crippen molar-refractivity contribution in [3.05, 3.63) is 151 Å². The average Bonchev–Trinajstić information content (AvgIpc) is 3.39. The third kappa shape index (κ3) is 4.30. The minimum Gasteiger partial charge on any atom is -0.456 e. The van der Waals surface area contributed by atoms with Gasteiger partial charge in [-0.05, 0) is 75.8 Å². The fraction of sp³-hybridized carbons (Fsp3) is 0.0541. The first-order valence-electron chi connectivity index (χ1n) is 13.7. The largest absolute Gasteiger partial charge is 0.456 e. The molecule has 0 radical (unpaired) electrons. The van der Waals surface area contributed by atoms with Gasteiger partial charge in [0.05, 0.1) is 5.69 Å². The van der Waals surface area contributed by atoms with Crippen LogP contribution in [0.15, 0.2) is 144 Å². The van der Waals surface area contributed by atoms with Crippen LogP contribution in [0.1, 0.15) is 25.3 Å². The van der Waals surface area contributed by atoms with Crippen molar-refractivity contribution in [3.63, 3.8) is 0 Å². The Balaban J connectivity index is 1.29. The second-order valence-electron chi connectivity index (χ2n) is 9.86. The molecule has 7 rings (SSSR count). The maximum atomic E-state index is 9.10. The monoisotopic (exact) mass is 502 g/mol. The molecule has 7 aromatic rings. The highest BCUT2D eigenvalue weighted by molar-refractivity contribution is 6.07. The Labute approximate surface area is 229 Å². The highest BCUT2D eigenvalue weighted by Gasteiger charge is 2.14. The molecule has 186 valence electrons.